The summed E-state index contributed by atoms with van der Waals surface area (Å²) < 4.78 is 0. The van der Waals surface area contributed by atoms with Crippen LogP contribution in [0.15, 0.2) is 12.3 Å². The average Bonchev–Trinajstić information content (AvgIpc) is 2.31. The highest BCUT2D eigenvalue weighted by Crippen LogP contribution is 2.24. The van der Waals surface area contributed by atoms with Crippen LogP contribution in [0.25, 0.3) is 0 Å². The first-order valence-corrected chi connectivity index (χ1v) is 6.27. The van der Waals surface area contributed by atoms with Crippen LogP contribution < -0.4 is 5.32 Å². The second-order valence-corrected chi connectivity index (χ2v) is 4.81. The summed E-state index contributed by atoms with van der Waals surface area (Å²) in [5, 5.41) is 12.5. The summed E-state index contributed by atoms with van der Waals surface area (Å²) in [6.45, 7) is 6.50. The zero-order valence-electron chi connectivity index (χ0n) is 10.5. The smallest absolute Gasteiger partial charge is 0.146 e. The number of halogens is 1. The van der Waals surface area contributed by atoms with Gasteiger partial charge in [-0.3, -0.25) is 0 Å². The van der Waals surface area contributed by atoms with Gasteiger partial charge in [0.1, 0.15) is 16.9 Å². The fourth-order valence-corrected chi connectivity index (χ4v) is 1.90. The van der Waals surface area contributed by atoms with E-state index < -0.39 is 0 Å². The molecule has 1 N–H and O–H groups in total. The van der Waals surface area contributed by atoms with Crippen molar-refractivity contribution in [1.29, 1.82) is 5.26 Å². The largest absolute Gasteiger partial charge is 0.366 e. The number of hydrogen-bond donors (Lipinski definition) is 1. The number of nitrogens with one attached hydrogen (secondary N) is 1. The molecule has 1 heterocycles. The molecular weight excluding hydrogens is 234 g/mol. The van der Waals surface area contributed by atoms with Gasteiger partial charge >= 0.3 is 0 Å². The van der Waals surface area contributed by atoms with Gasteiger partial charge in [0.15, 0.2) is 0 Å². The molecule has 1 rings (SSSR count). The molecular formula is C13H18ClN3. The molecule has 0 aliphatic carbocycles. The van der Waals surface area contributed by atoms with Crippen molar-refractivity contribution in [2.45, 2.75) is 39.7 Å². The second kappa shape index (κ2) is 6.46. The molecule has 0 amide bonds. The Hall–Kier alpha value is -1.27. The quantitative estimate of drug-likeness (QED) is 0.865. The maximum atomic E-state index is 8.87. The minimum absolute atomic E-state index is 0.295. The minimum atomic E-state index is 0.295. The first kappa shape index (κ1) is 13.8. The maximum Gasteiger partial charge on any atom is 0.146 e. The number of aromatic nitrogens is 1. The van der Waals surface area contributed by atoms with Crippen molar-refractivity contribution in [1.82, 2.24) is 4.98 Å². The zero-order valence-corrected chi connectivity index (χ0v) is 11.3. The van der Waals surface area contributed by atoms with E-state index in [4.69, 9.17) is 16.9 Å². The monoisotopic (exact) mass is 251 g/mol. The van der Waals surface area contributed by atoms with E-state index in [1.54, 1.807) is 12.3 Å². The van der Waals surface area contributed by atoms with Gasteiger partial charge in [0.2, 0.25) is 0 Å². The second-order valence-electron chi connectivity index (χ2n) is 4.43. The van der Waals surface area contributed by atoms with Crippen LogP contribution in [0.1, 0.15) is 39.2 Å². The molecule has 0 saturated heterocycles. The number of rotatable bonds is 5. The normalized spacial score (nSPS) is 13.8. The van der Waals surface area contributed by atoms with Gasteiger partial charge in [-0.1, -0.05) is 31.9 Å². The van der Waals surface area contributed by atoms with Crippen molar-refractivity contribution in [2.75, 3.05) is 5.32 Å². The molecule has 0 aromatic carbocycles. The number of pyridine rings is 1. The third-order valence-corrected chi connectivity index (χ3v) is 3.23. The van der Waals surface area contributed by atoms with Gasteiger partial charge in [-0.05, 0) is 25.3 Å². The molecule has 1 aromatic heterocycles. The minimum Gasteiger partial charge on any atom is -0.366 e. The van der Waals surface area contributed by atoms with Gasteiger partial charge in [0.05, 0.1) is 5.56 Å². The molecule has 1 aromatic rings. The number of anilines is 1. The van der Waals surface area contributed by atoms with Gasteiger partial charge in [0.25, 0.3) is 0 Å². The van der Waals surface area contributed by atoms with Crippen LogP contribution in [-0.2, 0) is 0 Å². The van der Waals surface area contributed by atoms with E-state index in [1.807, 2.05) is 6.07 Å². The van der Waals surface area contributed by atoms with Crippen LogP contribution >= 0.6 is 11.6 Å². The van der Waals surface area contributed by atoms with Gasteiger partial charge in [0, 0.05) is 12.2 Å². The summed E-state index contributed by atoms with van der Waals surface area (Å²) in [7, 11) is 0. The third kappa shape index (κ3) is 3.90. The molecule has 0 fully saturated rings. The summed E-state index contributed by atoms with van der Waals surface area (Å²) in [5.41, 5.74) is 0.458. The van der Waals surface area contributed by atoms with Crippen molar-refractivity contribution >= 4 is 17.4 Å². The lowest BCUT2D eigenvalue weighted by Gasteiger charge is -2.18. The molecule has 3 nitrogen and oxygen atoms in total. The van der Waals surface area contributed by atoms with E-state index in [0.717, 1.165) is 12.8 Å². The lowest BCUT2D eigenvalue weighted by Crippen LogP contribution is -2.19. The Balaban J connectivity index is 2.72. The average molecular weight is 252 g/mol. The van der Waals surface area contributed by atoms with Crippen molar-refractivity contribution < 1.29 is 0 Å². The van der Waals surface area contributed by atoms with Gasteiger partial charge < -0.3 is 5.32 Å². The number of nitriles is 1. The Morgan fingerprint density at radius 1 is 1.53 bits per heavy atom. The van der Waals surface area contributed by atoms with Gasteiger partial charge in [-0.25, -0.2) is 4.98 Å². The topological polar surface area (TPSA) is 48.7 Å². The van der Waals surface area contributed by atoms with Crippen LogP contribution in [-0.4, -0.2) is 11.0 Å². The highest BCUT2D eigenvalue weighted by molar-refractivity contribution is 6.34. The SMILES string of the molecule is CCC(C)CC(C)Nc1nccc(C#N)c1Cl. The highest BCUT2D eigenvalue weighted by Gasteiger charge is 2.11. The predicted octanol–water partition coefficient (Wildman–Crippen LogP) is 3.84. The predicted molar refractivity (Wildman–Crippen MR) is 71.1 cm³/mol. The van der Waals surface area contributed by atoms with Crippen LogP contribution in [0, 0.1) is 17.2 Å². The molecule has 0 radical (unpaired) electrons. The van der Waals surface area contributed by atoms with E-state index in [2.05, 4.69) is 31.1 Å². The van der Waals surface area contributed by atoms with Crippen molar-refractivity contribution in [3.05, 3.63) is 22.8 Å². The summed E-state index contributed by atoms with van der Waals surface area (Å²) >= 11 is 6.08. The van der Waals surface area contributed by atoms with E-state index in [0.29, 0.717) is 28.4 Å². The van der Waals surface area contributed by atoms with Gasteiger partial charge in [-0.15, -0.1) is 0 Å². The summed E-state index contributed by atoms with van der Waals surface area (Å²) in [5.74, 6) is 1.26. The number of nitrogens with zero attached hydrogens (tertiary/aromatic N) is 2. The summed E-state index contributed by atoms with van der Waals surface area (Å²) in [6, 6.07) is 3.96. The first-order valence-electron chi connectivity index (χ1n) is 5.89. The Kier molecular flexibility index (Phi) is 5.24. The fraction of sp³-hybridized carbons (Fsp3) is 0.538. The molecule has 0 aliphatic rings. The molecule has 2 atom stereocenters. The Morgan fingerprint density at radius 3 is 2.82 bits per heavy atom. The third-order valence-electron chi connectivity index (χ3n) is 2.85. The van der Waals surface area contributed by atoms with Crippen LogP contribution in [0.3, 0.4) is 0 Å². The van der Waals surface area contributed by atoms with Crippen molar-refractivity contribution in [2.24, 2.45) is 5.92 Å². The maximum absolute atomic E-state index is 8.87. The lowest BCUT2D eigenvalue weighted by molar-refractivity contribution is 0.483. The van der Waals surface area contributed by atoms with E-state index in [-0.39, 0.29) is 0 Å². The summed E-state index contributed by atoms with van der Waals surface area (Å²) in [4.78, 5) is 4.17. The summed E-state index contributed by atoms with van der Waals surface area (Å²) in [6.07, 6.45) is 3.82. The molecule has 92 valence electrons. The molecule has 0 aliphatic heterocycles. The molecule has 4 heteroatoms. The highest BCUT2D eigenvalue weighted by atomic mass is 35.5. The van der Waals surface area contributed by atoms with E-state index in [1.165, 1.54) is 0 Å². The molecule has 0 bridgehead atoms. The zero-order chi connectivity index (χ0) is 12.8. The fourth-order valence-electron chi connectivity index (χ4n) is 1.69. The van der Waals surface area contributed by atoms with Crippen LogP contribution in [0.2, 0.25) is 5.02 Å². The Labute approximate surface area is 108 Å². The molecule has 17 heavy (non-hydrogen) atoms. The van der Waals surface area contributed by atoms with E-state index in [9.17, 15) is 0 Å². The standard InChI is InChI=1S/C13H18ClN3/c1-4-9(2)7-10(3)17-13-12(14)11(8-15)5-6-16-13/h5-6,9-10H,4,7H2,1-3H3,(H,16,17). The number of hydrogen-bond acceptors (Lipinski definition) is 3. The van der Waals surface area contributed by atoms with Crippen LogP contribution in [0.4, 0.5) is 5.82 Å². The van der Waals surface area contributed by atoms with Crippen molar-refractivity contribution in [3.63, 3.8) is 0 Å². The molecule has 0 spiro atoms. The lowest BCUT2D eigenvalue weighted by atomic mass is 10.0. The Bertz CT molecular complexity index is 412. The van der Waals surface area contributed by atoms with Gasteiger partial charge in [-0.2, -0.15) is 5.26 Å². The van der Waals surface area contributed by atoms with E-state index >= 15 is 0 Å². The molecule has 0 saturated carbocycles. The van der Waals surface area contributed by atoms with Crippen LogP contribution in [0.5, 0.6) is 0 Å². The molecule has 2 unspecified atom stereocenters. The first-order chi connectivity index (χ1) is 8.08. The Morgan fingerprint density at radius 2 is 2.24 bits per heavy atom. The van der Waals surface area contributed by atoms with Crippen molar-refractivity contribution in [3.8, 4) is 6.07 Å².